The Morgan fingerprint density at radius 1 is 0.575 bits per heavy atom. The summed E-state index contributed by atoms with van der Waals surface area (Å²) in [5.41, 5.74) is 10.0. The lowest BCUT2D eigenvalue weighted by atomic mass is 9.89. The molecule has 2 atom stereocenters. The van der Waals surface area contributed by atoms with Crippen molar-refractivity contribution in [1.82, 2.24) is 0 Å². The van der Waals surface area contributed by atoms with Crippen LogP contribution in [-0.4, -0.2) is 6.04 Å². The van der Waals surface area contributed by atoms with E-state index in [4.69, 9.17) is 4.42 Å². The van der Waals surface area contributed by atoms with Gasteiger partial charge in [0, 0.05) is 39.2 Å². The number of anilines is 2. The first-order valence-corrected chi connectivity index (χ1v) is 13.7. The summed E-state index contributed by atoms with van der Waals surface area (Å²) in [6.45, 7) is 0. The molecule has 5 aromatic carbocycles. The molecule has 1 aromatic heterocycles. The fraction of sp³-hybridized carbons (Fsp3) is 0.0526. The molecule has 40 heavy (non-hydrogen) atoms. The van der Waals surface area contributed by atoms with Gasteiger partial charge in [-0.2, -0.15) is 0 Å². The third kappa shape index (κ3) is 3.75. The lowest BCUT2D eigenvalue weighted by Gasteiger charge is -2.28. The van der Waals surface area contributed by atoms with E-state index in [0.29, 0.717) is 12.0 Å². The van der Waals surface area contributed by atoms with Crippen LogP contribution in [0.3, 0.4) is 0 Å². The molecule has 0 amide bonds. The molecule has 0 bridgehead atoms. The van der Waals surface area contributed by atoms with Crippen molar-refractivity contribution >= 4 is 33.3 Å². The first kappa shape index (κ1) is 22.7. The van der Waals surface area contributed by atoms with Gasteiger partial charge >= 0.3 is 0 Å². The van der Waals surface area contributed by atoms with E-state index in [1.165, 1.54) is 28.1 Å². The number of benzene rings is 5. The standard InChI is InChI=1S/C38H25NO/c1-2-8-30(9-3-1)39-35-12-6-4-10-31(35)34-25-29(21-23-36(34)39)28-19-16-26(17-20-28)14-15-27-18-22-33-32-11-5-7-13-37(32)40-38(33)24-27/h1-13,16-25,31,35H. The number of hydrogen-bond acceptors (Lipinski definition) is 2. The Bertz CT molecular complexity index is 2020. The Hall–Kier alpha value is -5.26. The Kier molecular flexibility index (Phi) is 5.21. The van der Waals surface area contributed by atoms with Crippen molar-refractivity contribution in [1.29, 1.82) is 0 Å². The lowest BCUT2D eigenvalue weighted by molar-refractivity contribution is 0.669. The van der Waals surface area contributed by atoms with Crippen LogP contribution in [-0.2, 0) is 0 Å². The highest BCUT2D eigenvalue weighted by atomic mass is 16.3. The quantitative estimate of drug-likeness (QED) is 0.215. The molecule has 1 aliphatic carbocycles. The topological polar surface area (TPSA) is 16.4 Å². The molecule has 0 N–H and O–H groups in total. The van der Waals surface area contributed by atoms with Gasteiger partial charge in [-0.3, -0.25) is 0 Å². The molecule has 2 unspecified atom stereocenters. The van der Waals surface area contributed by atoms with E-state index in [9.17, 15) is 0 Å². The van der Waals surface area contributed by atoms with Gasteiger partial charge in [-0.05, 0) is 77.4 Å². The Morgan fingerprint density at radius 3 is 2.20 bits per heavy atom. The second-order valence-electron chi connectivity index (χ2n) is 10.4. The molecule has 2 aliphatic rings. The second kappa shape index (κ2) is 9.19. The maximum Gasteiger partial charge on any atom is 0.136 e. The minimum atomic E-state index is 0.300. The molecule has 0 saturated heterocycles. The van der Waals surface area contributed by atoms with Crippen LogP contribution in [0.25, 0.3) is 33.1 Å². The van der Waals surface area contributed by atoms with Crippen molar-refractivity contribution in [2.24, 2.45) is 0 Å². The molecule has 2 heteroatoms. The van der Waals surface area contributed by atoms with Crippen LogP contribution in [0, 0.1) is 11.8 Å². The normalized spacial score (nSPS) is 17.1. The van der Waals surface area contributed by atoms with Crippen LogP contribution in [0.15, 0.2) is 144 Å². The van der Waals surface area contributed by atoms with E-state index in [1.807, 2.05) is 24.3 Å². The molecule has 6 aromatic rings. The number of allylic oxidation sites excluding steroid dienone is 2. The number of fused-ring (bicyclic) bond motifs is 6. The second-order valence-corrected chi connectivity index (χ2v) is 10.4. The summed E-state index contributed by atoms with van der Waals surface area (Å²) in [6, 6.07) is 40.8. The van der Waals surface area contributed by atoms with E-state index in [2.05, 4.69) is 132 Å². The van der Waals surface area contributed by atoms with Gasteiger partial charge in [-0.15, -0.1) is 0 Å². The van der Waals surface area contributed by atoms with Crippen LogP contribution in [0.2, 0.25) is 0 Å². The molecule has 188 valence electrons. The maximum absolute atomic E-state index is 6.03. The first-order valence-electron chi connectivity index (χ1n) is 13.7. The zero-order chi connectivity index (χ0) is 26.5. The molecule has 0 radical (unpaired) electrons. The number of hydrogen-bond donors (Lipinski definition) is 0. The van der Waals surface area contributed by atoms with E-state index in [0.717, 1.165) is 33.1 Å². The SMILES string of the molecule is C(#Cc1ccc2c(c1)oc1ccccc12)c1ccc(-c2ccc3c(c2)C2C=CC=CC2N3c2ccccc2)cc1. The summed E-state index contributed by atoms with van der Waals surface area (Å²) in [4.78, 5) is 2.46. The Morgan fingerprint density at radius 2 is 1.30 bits per heavy atom. The zero-order valence-electron chi connectivity index (χ0n) is 21.8. The molecule has 8 rings (SSSR count). The molecule has 0 spiro atoms. The number of rotatable bonds is 2. The highest BCUT2D eigenvalue weighted by Crippen LogP contribution is 2.48. The Balaban J connectivity index is 1.08. The summed E-state index contributed by atoms with van der Waals surface area (Å²) in [6.07, 6.45) is 8.98. The predicted octanol–water partition coefficient (Wildman–Crippen LogP) is 9.38. The molecule has 0 fully saturated rings. The molecule has 0 saturated carbocycles. The van der Waals surface area contributed by atoms with E-state index >= 15 is 0 Å². The summed E-state index contributed by atoms with van der Waals surface area (Å²) in [5, 5.41) is 2.26. The van der Waals surface area contributed by atoms with Gasteiger partial charge in [-0.1, -0.05) is 90.7 Å². The fourth-order valence-corrected chi connectivity index (χ4v) is 6.10. The number of para-hydroxylation sites is 2. The van der Waals surface area contributed by atoms with Gasteiger partial charge < -0.3 is 9.32 Å². The highest BCUT2D eigenvalue weighted by molar-refractivity contribution is 6.05. The van der Waals surface area contributed by atoms with E-state index in [-0.39, 0.29) is 0 Å². The predicted molar refractivity (Wildman–Crippen MR) is 165 cm³/mol. The average molecular weight is 512 g/mol. The average Bonchev–Trinajstić information content (AvgIpc) is 3.55. The van der Waals surface area contributed by atoms with Crippen LogP contribution < -0.4 is 4.90 Å². The molecular weight excluding hydrogens is 486 g/mol. The molecular formula is C38H25NO. The summed E-state index contributed by atoms with van der Waals surface area (Å²) < 4.78 is 6.03. The van der Waals surface area contributed by atoms with Crippen molar-refractivity contribution in [3.63, 3.8) is 0 Å². The molecule has 2 nitrogen and oxygen atoms in total. The van der Waals surface area contributed by atoms with Gasteiger partial charge in [0.15, 0.2) is 0 Å². The van der Waals surface area contributed by atoms with Crippen molar-refractivity contribution in [2.75, 3.05) is 4.90 Å². The molecule has 1 aliphatic heterocycles. The molecule has 2 heterocycles. The summed E-state index contributed by atoms with van der Waals surface area (Å²) in [7, 11) is 0. The lowest BCUT2D eigenvalue weighted by Crippen LogP contribution is -2.28. The van der Waals surface area contributed by atoms with Crippen molar-refractivity contribution in [3.8, 4) is 23.0 Å². The van der Waals surface area contributed by atoms with Gasteiger partial charge in [0.1, 0.15) is 11.2 Å². The van der Waals surface area contributed by atoms with E-state index in [1.54, 1.807) is 0 Å². The van der Waals surface area contributed by atoms with Crippen molar-refractivity contribution in [3.05, 3.63) is 156 Å². The van der Waals surface area contributed by atoms with Crippen molar-refractivity contribution < 1.29 is 4.42 Å². The van der Waals surface area contributed by atoms with Crippen LogP contribution >= 0.6 is 0 Å². The van der Waals surface area contributed by atoms with Crippen LogP contribution in [0.5, 0.6) is 0 Å². The van der Waals surface area contributed by atoms with Crippen LogP contribution in [0.4, 0.5) is 11.4 Å². The third-order valence-electron chi connectivity index (χ3n) is 8.03. The summed E-state index contributed by atoms with van der Waals surface area (Å²) in [5.74, 6) is 6.98. The monoisotopic (exact) mass is 511 g/mol. The maximum atomic E-state index is 6.03. The Labute approximate surface area is 233 Å². The fourth-order valence-electron chi connectivity index (χ4n) is 6.10. The number of furan rings is 1. The van der Waals surface area contributed by atoms with Crippen molar-refractivity contribution in [2.45, 2.75) is 12.0 Å². The van der Waals surface area contributed by atoms with Gasteiger partial charge in [0.25, 0.3) is 0 Å². The minimum absolute atomic E-state index is 0.300. The van der Waals surface area contributed by atoms with Gasteiger partial charge in [0.2, 0.25) is 0 Å². The van der Waals surface area contributed by atoms with Gasteiger partial charge in [0.05, 0.1) is 6.04 Å². The summed E-state index contributed by atoms with van der Waals surface area (Å²) >= 11 is 0. The van der Waals surface area contributed by atoms with Gasteiger partial charge in [-0.25, -0.2) is 0 Å². The minimum Gasteiger partial charge on any atom is -0.456 e. The third-order valence-corrected chi connectivity index (χ3v) is 8.03. The van der Waals surface area contributed by atoms with Crippen LogP contribution in [0.1, 0.15) is 22.6 Å². The zero-order valence-corrected chi connectivity index (χ0v) is 21.8. The highest BCUT2D eigenvalue weighted by Gasteiger charge is 2.37. The smallest absolute Gasteiger partial charge is 0.136 e. The first-order chi connectivity index (χ1) is 19.8. The number of nitrogens with zero attached hydrogens (tertiary/aromatic N) is 1. The largest absolute Gasteiger partial charge is 0.456 e. The van der Waals surface area contributed by atoms with E-state index < -0.39 is 0 Å².